The van der Waals surface area contributed by atoms with Gasteiger partial charge in [-0.05, 0) is 45.2 Å². The number of carbonyl (C=O) groups excluding carboxylic acids is 2. The molecule has 0 aromatic carbocycles. The minimum absolute atomic E-state index is 0.0793. The van der Waals surface area contributed by atoms with Gasteiger partial charge in [0, 0.05) is 38.7 Å². The fourth-order valence-corrected chi connectivity index (χ4v) is 4.95. The van der Waals surface area contributed by atoms with E-state index in [1.165, 1.54) is 58.0 Å². The zero-order valence-corrected chi connectivity index (χ0v) is 16.3. The molecule has 0 spiro atoms. The summed E-state index contributed by atoms with van der Waals surface area (Å²) in [4.78, 5) is 29.3. The van der Waals surface area contributed by atoms with Crippen molar-refractivity contribution in [2.45, 2.75) is 63.3 Å². The summed E-state index contributed by atoms with van der Waals surface area (Å²) >= 11 is 0. The van der Waals surface area contributed by atoms with Gasteiger partial charge in [0.2, 0.25) is 11.8 Å². The monoisotopic (exact) mass is 365 g/mol. The molecule has 0 aromatic heterocycles. The first-order chi connectivity index (χ1) is 12.6. The molecule has 1 aliphatic carbocycles. The van der Waals surface area contributed by atoms with Crippen molar-refractivity contribution in [3.05, 3.63) is 0 Å². The predicted octanol–water partition coefficient (Wildman–Crippen LogP) is 1.79. The van der Waals surface area contributed by atoms with Gasteiger partial charge < -0.3 is 15.0 Å². The second-order valence-electron chi connectivity index (χ2n) is 8.27. The zero-order valence-electron chi connectivity index (χ0n) is 16.3. The first-order valence-electron chi connectivity index (χ1n) is 10.4. The van der Waals surface area contributed by atoms with Crippen molar-refractivity contribution in [2.75, 3.05) is 46.4 Å². The van der Waals surface area contributed by atoms with E-state index in [0.717, 1.165) is 6.54 Å². The number of hydrogen-bond acceptors (Lipinski definition) is 4. The predicted molar refractivity (Wildman–Crippen MR) is 101 cm³/mol. The lowest BCUT2D eigenvalue weighted by Gasteiger charge is -2.44. The SMILES string of the molecule is COCCN1C[C@H](C(=O)NCC2(N3CCCCC3)CCCC2)CCC1=O. The maximum Gasteiger partial charge on any atom is 0.224 e. The third-order valence-corrected chi connectivity index (χ3v) is 6.59. The Bertz CT molecular complexity index is 485. The van der Waals surface area contributed by atoms with Crippen molar-refractivity contribution in [1.82, 2.24) is 15.1 Å². The van der Waals surface area contributed by atoms with Crippen LogP contribution in [0.15, 0.2) is 0 Å². The largest absolute Gasteiger partial charge is 0.383 e. The summed E-state index contributed by atoms with van der Waals surface area (Å²) in [5.74, 6) is 0.194. The number of nitrogens with zero attached hydrogens (tertiary/aromatic N) is 2. The molecule has 0 radical (unpaired) electrons. The molecule has 2 amide bonds. The normalized spacial score (nSPS) is 26.9. The average molecular weight is 366 g/mol. The van der Waals surface area contributed by atoms with E-state index in [1.54, 1.807) is 12.0 Å². The van der Waals surface area contributed by atoms with E-state index in [9.17, 15) is 9.59 Å². The van der Waals surface area contributed by atoms with Crippen LogP contribution in [-0.2, 0) is 14.3 Å². The van der Waals surface area contributed by atoms with E-state index in [2.05, 4.69) is 10.2 Å². The second-order valence-corrected chi connectivity index (χ2v) is 8.27. The molecule has 6 nitrogen and oxygen atoms in total. The number of methoxy groups -OCH3 is 1. The Labute approximate surface area is 157 Å². The van der Waals surface area contributed by atoms with Gasteiger partial charge >= 0.3 is 0 Å². The Balaban J connectivity index is 1.54. The Morgan fingerprint density at radius 2 is 1.92 bits per heavy atom. The van der Waals surface area contributed by atoms with E-state index in [4.69, 9.17) is 4.74 Å². The van der Waals surface area contributed by atoms with Crippen molar-refractivity contribution in [1.29, 1.82) is 0 Å². The molecule has 3 rings (SSSR count). The topological polar surface area (TPSA) is 61.9 Å². The Morgan fingerprint density at radius 3 is 2.62 bits per heavy atom. The quantitative estimate of drug-likeness (QED) is 0.747. The van der Waals surface area contributed by atoms with Crippen molar-refractivity contribution in [3.8, 4) is 0 Å². The number of likely N-dealkylation sites (tertiary alicyclic amines) is 2. The highest BCUT2D eigenvalue weighted by atomic mass is 16.5. The van der Waals surface area contributed by atoms with E-state index in [0.29, 0.717) is 32.5 Å². The van der Waals surface area contributed by atoms with Gasteiger partial charge in [0.1, 0.15) is 0 Å². The molecule has 1 N–H and O–H groups in total. The Morgan fingerprint density at radius 1 is 1.19 bits per heavy atom. The Hall–Kier alpha value is -1.14. The lowest BCUT2D eigenvalue weighted by Crippen LogP contribution is -2.57. The first-order valence-corrected chi connectivity index (χ1v) is 10.4. The maximum atomic E-state index is 12.8. The molecule has 1 atom stereocenters. The molecule has 148 valence electrons. The van der Waals surface area contributed by atoms with Crippen LogP contribution in [0, 0.1) is 5.92 Å². The van der Waals surface area contributed by atoms with Gasteiger partial charge in [-0.25, -0.2) is 0 Å². The molecular formula is C20H35N3O3. The number of hydrogen-bond donors (Lipinski definition) is 1. The molecule has 1 saturated carbocycles. The molecule has 0 bridgehead atoms. The fourth-order valence-electron chi connectivity index (χ4n) is 4.95. The van der Waals surface area contributed by atoms with Crippen molar-refractivity contribution >= 4 is 11.8 Å². The molecule has 3 aliphatic rings. The van der Waals surface area contributed by atoms with Gasteiger partial charge in [0.05, 0.1) is 12.5 Å². The van der Waals surface area contributed by atoms with E-state index < -0.39 is 0 Å². The van der Waals surface area contributed by atoms with E-state index >= 15 is 0 Å². The molecule has 2 heterocycles. The van der Waals surface area contributed by atoms with Crippen LogP contribution >= 0.6 is 0 Å². The lowest BCUT2D eigenvalue weighted by molar-refractivity contribution is -0.139. The smallest absolute Gasteiger partial charge is 0.224 e. The third kappa shape index (κ3) is 4.58. The highest BCUT2D eigenvalue weighted by molar-refractivity contribution is 5.83. The number of amides is 2. The van der Waals surface area contributed by atoms with Crippen LogP contribution in [0.5, 0.6) is 0 Å². The highest BCUT2D eigenvalue weighted by Crippen LogP contribution is 2.36. The zero-order chi connectivity index (χ0) is 18.4. The van der Waals surface area contributed by atoms with Gasteiger partial charge in [0.25, 0.3) is 0 Å². The molecule has 2 saturated heterocycles. The van der Waals surface area contributed by atoms with Crippen molar-refractivity contribution < 1.29 is 14.3 Å². The minimum Gasteiger partial charge on any atom is -0.383 e. The maximum absolute atomic E-state index is 12.8. The molecule has 0 aromatic rings. The summed E-state index contributed by atoms with van der Waals surface area (Å²) in [5, 5.41) is 3.27. The number of rotatable bonds is 7. The minimum atomic E-state index is -0.0793. The van der Waals surface area contributed by atoms with Gasteiger partial charge in [-0.1, -0.05) is 19.3 Å². The van der Waals surface area contributed by atoms with Crippen LogP contribution in [0.25, 0.3) is 0 Å². The summed E-state index contributed by atoms with van der Waals surface area (Å²) in [6.45, 7) is 4.77. The van der Waals surface area contributed by atoms with Crippen LogP contribution in [0.4, 0.5) is 0 Å². The van der Waals surface area contributed by atoms with Crippen LogP contribution < -0.4 is 5.32 Å². The molecular weight excluding hydrogens is 330 g/mol. The molecule has 26 heavy (non-hydrogen) atoms. The molecule has 3 fully saturated rings. The van der Waals surface area contributed by atoms with Crippen LogP contribution in [0.3, 0.4) is 0 Å². The van der Waals surface area contributed by atoms with E-state index in [1.807, 2.05) is 0 Å². The average Bonchev–Trinajstić information content (AvgIpc) is 3.16. The van der Waals surface area contributed by atoms with Crippen LogP contribution in [0.1, 0.15) is 57.8 Å². The third-order valence-electron chi connectivity index (χ3n) is 6.59. The standard InChI is InChI=1S/C20H35N3O3/c1-26-14-13-22-15-17(7-8-18(22)24)19(25)21-16-20(9-3-4-10-20)23-11-5-2-6-12-23/h17H,2-16H2,1H3,(H,21,25)/t17-/m1/s1. The molecule has 6 heteroatoms. The first kappa shape index (κ1) is 19.6. The summed E-state index contributed by atoms with van der Waals surface area (Å²) in [7, 11) is 1.64. The Kier molecular flexibility index (Phi) is 6.92. The number of carbonyl (C=O) groups is 2. The number of ether oxygens (including phenoxy) is 1. The lowest BCUT2D eigenvalue weighted by atomic mass is 9.91. The number of piperidine rings is 2. The summed E-state index contributed by atoms with van der Waals surface area (Å²) in [6, 6.07) is 0. The number of nitrogens with one attached hydrogen (secondary N) is 1. The van der Waals surface area contributed by atoms with E-state index in [-0.39, 0.29) is 23.3 Å². The summed E-state index contributed by atoms with van der Waals surface area (Å²) in [6.07, 6.45) is 10.0. The summed E-state index contributed by atoms with van der Waals surface area (Å²) < 4.78 is 5.08. The second kappa shape index (κ2) is 9.18. The van der Waals surface area contributed by atoms with Gasteiger partial charge in [0.15, 0.2) is 0 Å². The van der Waals surface area contributed by atoms with Gasteiger partial charge in [-0.3, -0.25) is 14.5 Å². The fraction of sp³-hybridized carbons (Fsp3) is 0.900. The van der Waals surface area contributed by atoms with Crippen molar-refractivity contribution in [3.63, 3.8) is 0 Å². The van der Waals surface area contributed by atoms with Crippen LogP contribution in [-0.4, -0.2) is 73.6 Å². The van der Waals surface area contributed by atoms with Gasteiger partial charge in [-0.2, -0.15) is 0 Å². The summed E-state index contributed by atoms with van der Waals surface area (Å²) in [5.41, 5.74) is 0.177. The molecule has 2 aliphatic heterocycles. The molecule has 0 unspecified atom stereocenters. The van der Waals surface area contributed by atoms with Crippen LogP contribution in [0.2, 0.25) is 0 Å². The van der Waals surface area contributed by atoms with Crippen molar-refractivity contribution in [2.24, 2.45) is 5.92 Å². The highest BCUT2D eigenvalue weighted by Gasteiger charge is 2.40. The van der Waals surface area contributed by atoms with Gasteiger partial charge in [-0.15, -0.1) is 0 Å².